The first-order chi connectivity index (χ1) is 12.1. The number of rotatable bonds is 3. The lowest BCUT2D eigenvalue weighted by atomic mass is 10.1. The lowest BCUT2D eigenvalue weighted by Crippen LogP contribution is -2.31. The van der Waals surface area contributed by atoms with Crippen molar-refractivity contribution in [3.05, 3.63) is 59.7 Å². The number of carbonyl (C=O) groups is 1. The van der Waals surface area contributed by atoms with Gasteiger partial charge >= 0.3 is 0 Å². The molecule has 3 heterocycles. The molecule has 7 heteroatoms. The molecule has 1 saturated heterocycles. The highest BCUT2D eigenvalue weighted by Crippen LogP contribution is 2.33. The van der Waals surface area contributed by atoms with Gasteiger partial charge in [0.15, 0.2) is 5.69 Å². The number of carbonyl (C=O) groups excluding carboxylic acids is 1. The molecule has 1 aliphatic heterocycles. The Labute approximate surface area is 145 Å². The average Bonchev–Trinajstić information content (AvgIpc) is 3.34. The van der Waals surface area contributed by atoms with Gasteiger partial charge in [-0.05, 0) is 31.9 Å². The van der Waals surface area contributed by atoms with Gasteiger partial charge in [0.1, 0.15) is 0 Å². The van der Waals surface area contributed by atoms with E-state index >= 15 is 0 Å². The Kier molecular flexibility index (Phi) is 3.83. The molecule has 0 aliphatic carbocycles. The third-order valence-electron chi connectivity index (χ3n) is 4.72. The van der Waals surface area contributed by atoms with Crippen molar-refractivity contribution in [3.8, 4) is 5.69 Å². The average molecular weight is 336 g/mol. The molecule has 25 heavy (non-hydrogen) atoms. The van der Waals surface area contributed by atoms with Crippen LogP contribution in [0.15, 0.2) is 42.7 Å². The van der Waals surface area contributed by atoms with Crippen LogP contribution in [0.4, 0.5) is 0 Å². The number of benzene rings is 1. The summed E-state index contributed by atoms with van der Waals surface area (Å²) in [6, 6.07) is 9.79. The standard InChI is InChI=1S/C18H20N6O/c1-13-17(20-21-24(13)15-7-4-3-5-8-15)18(25)23-10-6-9-16(23)14-11-19-22(2)12-14/h3-5,7-8,11-12,16H,6,9-10H2,1-2H3/t16-/m1/s1. The van der Waals surface area contributed by atoms with E-state index in [9.17, 15) is 4.79 Å². The number of para-hydroxylation sites is 1. The lowest BCUT2D eigenvalue weighted by Gasteiger charge is -2.23. The monoisotopic (exact) mass is 336 g/mol. The van der Waals surface area contributed by atoms with Crippen molar-refractivity contribution >= 4 is 5.91 Å². The fraction of sp³-hybridized carbons (Fsp3) is 0.333. The molecular formula is C18H20N6O. The molecule has 128 valence electrons. The van der Waals surface area contributed by atoms with Crippen LogP contribution in [0.25, 0.3) is 5.69 Å². The van der Waals surface area contributed by atoms with E-state index in [1.54, 1.807) is 9.36 Å². The highest BCUT2D eigenvalue weighted by molar-refractivity contribution is 5.93. The van der Waals surface area contributed by atoms with Crippen molar-refractivity contribution in [2.24, 2.45) is 7.05 Å². The van der Waals surface area contributed by atoms with Crippen LogP contribution in [-0.2, 0) is 7.05 Å². The Hall–Kier alpha value is -2.96. The maximum Gasteiger partial charge on any atom is 0.276 e. The summed E-state index contributed by atoms with van der Waals surface area (Å²) in [7, 11) is 1.89. The van der Waals surface area contributed by atoms with Gasteiger partial charge in [0.25, 0.3) is 5.91 Å². The van der Waals surface area contributed by atoms with Crippen LogP contribution in [0.5, 0.6) is 0 Å². The smallest absolute Gasteiger partial charge is 0.276 e. The van der Waals surface area contributed by atoms with Crippen molar-refractivity contribution in [2.75, 3.05) is 6.54 Å². The zero-order valence-electron chi connectivity index (χ0n) is 14.3. The predicted octanol–water partition coefficient (Wildman–Crippen LogP) is 2.29. The number of aromatic nitrogens is 5. The van der Waals surface area contributed by atoms with E-state index in [0.29, 0.717) is 5.69 Å². The zero-order valence-corrected chi connectivity index (χ0v) is 14.3. The second kappa shape index (κ2) is 6.16. The topological polar surface area (TPSA) is 68.8 Å². The second-order valence-electron chi connectivity index (χ2n) is 6.37. The van der Waals surface area contributed by atoms with Gasteiger partial charge in [-0.15, -0.1) is 5.10 Å². The fourth-order valence-corrected chi connectivity index (χ4v) is 3.45. The van der Waals surface area contributed by atoms with E-state index < -0.39 is 0 Å². The summed E-state index contributed by atoms with van der Waals surface area (Å²) in [4.78, 5) is 15.0. The van der Waals surface area contributed by atoms with Crippen LogP contribution in [0.1, 0.15) is 40.6 Å². The van der Waals surface area contributed by atoms with E-state index in [-0.39, 0.29) is 11.9 Å². The first-order valence-corrected chi connectivity index (χ1v) is 8.42. The third-order valence-corrected chi connectivity index (χ3v) is 4.72. The van der Waals surface area contributed by atoms with Crippen LogP contribution >= 0.6 is 0 Å². The summed E-state index contributed by atoms with van der Waals surface area (Å²) in [5, 5.41) is 12.6. The quantitative estimate of drug-likeness (QED) is 0.736. The van der Waals surface area contributed by atoms with Crippen molar-refractivity contribution in [1.29, 1.82) is 0 Å². The Morgan fingerprint density at radius 2 is 2.04 bits per heavy atom. The fourth-order valence-electron chi connectivity index (χ4n) is 3.45. The molecule has 0 bridgehead atoms. The van der Waals surface area contributed by atoms with Gasteiger partial charge < -0.3 is 4.90 Å². The number of nitrogens with zero attached hydrogens (tertiary/aromatic N) is 6. The van der Waals surface area contributed by atoms with Gasteiger partial charge in [-0.2, -0.15) is 5.10 Å². The number of aryl methyl sites for hydroxylation is 1. The molecule has 0 radical (unpaired) electrons. The van der Waals surface area contributed by atoms with Gasteiger partial charge in [-0.25, -0.2) is 4.68 Å². The van der Waals surface area contributed by atoms with E-state index in [1.165, 1.54) is 0 Å². The number of hydrogen-bond donors (Lipinski definition) is 0. The van der Waals surface area contributed by atoms with Gasteiger partial charge in [0.05, 0.1) is 23.6 Å². The van der Waals surface area contributed by atoms with Gasteiger partial charge in [0, 0.05) is 25.4 Å². The molecule has 0 unspecified atom stereocenters. The minimum Gasteiger partial charge on any atom is -0.330 e. The maximum atomic E-state index is 13.1. The van der Waals surface area contributed by atoms with Gasteiger partial charge in [0.2, 0.25) is 0 Å². The van der Waals surface area contributed by atoms with E-state index in [2.05, 4.69) is 15.4 Å². The van der Waals surface area contributed by atoms with Crippen molar-refractivity contribution in [3.63, 3.8) is 0 Å². The molecule has 1 amide bonds. The largest absolute Gasteiger partial charge is 0.330 e. The Balaban J connectivity index is 1.64. The predicted molar refractivity (Wildman–Crippen MR) is 92.3 cm³/mol. The molecule has 1 aromatic carbocycles. The second-order valence-corrected chi connectivity index (χ2v) is 6.37. The third kappa shape index (κ3) is 2.71. The molecular weight excluding hydrogens is 316 g/mol. The van der Waals surface area contributed by atoms with Gasteiger partial charge in [-0.3, -0.25) is 9.48 Å². The minimum absolute atomic E-state index is 0.0578. The molecule has 7 nitrogen and oxygen atoms in total. The highest BCUT2D eigenvalue weighted by Gasteiger charge is 2.33. The SMILES string of the molecule is Cc1c(C(=O)N2CCC[C@@H]2c2cnn(C)c2)nnn1-c1ccccc1. The molecule has 4 rings (SSSR count). The summed E-state index contributed by atoms with van der Waals surface area (Å²) in [5.41, 5.74) is 3.14. The maximum absolute atomic E-state index is 13.1. The molecule has 1 aliphatic rings. The molecule has 0 N–H and O–H groups in total. The molecule has 1 atom stereocenters. The minimum atomic E-state index is -0.0639. The first-order valence-electron chi connectivity index (χ1n) is 8.42. The van der Waals surface area contributed by atoms with Crippen molar-refractivity contribution in [1.82, 2.24) is 29.7 Å². The normalized spacial score (nSPS) is 17.2. The summed E-state index contributed by atoms with van der Waals surface area (Å²) >= 11 is 0. The molecule has 3 aromatic rings. The first kappa shape index (κ1) is 15.6. The van der Waals surface area contributed by atoms with Crippen LogP contribution in [0.3, 0.4) is 0 Å². The van der Waals surface area contributed by atoms with Crippen LogP contribution in [0.2, 0.25) is 0 Å². The summed E-state index contributed by atoms with van der Waals surface area (Å²) in [6.07, 6.45) is 5.74. The van der Waals surface area contributed by atoms with E-state index in [1.807, 2.05) is 61.6 Å². The highest BCUT2D eigenvalue weighted by atomic mass is 16.2. The molecule has 0 spiro atoms. The number of amides is 1. The molecule has 0 saturated carbocycles. The summed E-state index contributed by atoms with van der Waals surface area (Å²) < 4.78 is 3.48. The van der Waals surface area contributed by atoms with Crippen LogP contribution < -0.4 is 0 Å². The number of hydrogen-bond acceptors (Lipinski definition) is 4. The van der Waals surface area contributed by atoms with Gasteiger partial charge in [-0.1, -0.05) is 23.4 Å². The van der Waals surface area contributed by atoms with Crippen LogP contribution in [0, 0.1) is 6.92 Å². The van der Waals surface area contributed by atoms with E-state index in [0.717, 1.165) is 36.3 Å². The van der Waals surface area contributed by atoms with Crippen molar-refractivity contribution in [2.45, 2.75) is 25.8 Å². The Bertz CT molecular complexity index is 897. The number of likely N-dealkylation sites (tertiary alicyclic amines) is 1. The molecule has 1 fully saturated rings. The zero-order chi connectivity index (χ0) is 17.4. The molecule has 2 aromatic heterocycles. The van der Waals surface area contributed by atoms with E-state index in [4.69, 9.17) is 0 Å². The Morgan fingerprint density at radius 1 is 1.24 bits per heavy atom. The van der Waals surface area contributed by atoms with Crippen LogP contribution in [-0.4, -0.2) is 42.1 Å². The Morgan fingerprint density at radius 3 is 2.76 bits per heavy atom. The summed E-state index contributed by atoms with van der Waals surface area (Å²) in [6.45, 7) is 2.62. The lowest BCUT2D eigenvalue weighted by molar-refractivity contribution is 0.0728. The summed E-state index contributed by atoms with van der Waals surface area (Å²) in [5.74, 6) is -0.0639. The van der Waals surface area contributed by atoms with Crippen molar-refractivity contribution < 1.29 is 4.79 Å².